The number of anilines is 1. The van der Waals surface area contributed by atoms with Crippen LogP contribution in [0.3, 0.4) is 0 Å². The lowest BCUT2D eigenvalue weighted by Crippen LogP contribution is -2.32. The Morgan fingerprint density at radius 1 is 1.28 bits per heavy atom. The van der Waals surface area contributed by atoms with Crippen LogP contribution in [0.2, 0.25) is 10.0 Å². The quantitative estimate of drug-likeness (QED) is 0.872. The molecule has 1 fully saturated rings. The first kappa shape index (κ1) is 13.9. The van der Waals surface area contributed by atoms with Crippen LogP contribution in [-0.4, -0.2) is 37.2 Å². The van der Waals surface area contributed by atoms with Crippen LogP contribution in [0.5, 0.6) is 0 Å². The minimum absolute atomic E-state index is 0.0384. The van der Waals surface area contributed by atoms with Crippen LogP contribution in [0.15, 0.2) is 12.1 Å². The highest BCUT2D eigenvalue weighted by molar-refractivity contribution is 7.91. The molecule has 1 aliphatic heterocycles. The number of halogens is 3. The van der Waals surface area contributed by atoms with Gasteiger partial charge in [0.1, 0.15) is 5.82 Å². The smallest absolute Gasteiger partial charge is 0.155 e. The Morgan fingerprint density at radius 3 is 2.28 bits per heavy atom. The van der Waals surface area contributed by atoms with Gasteiger partial charge in [0.05, 0.1) is 39.4 Å². The highest BCUT2D eigenvalue weighted by Gasteiger charge is 2.36. The summed E-state index contributed by atoms with van der Waals surface area (Å²) in [7, 11) is -3.27. The van der Waals surface area contributed by atoms with E-state index in [9.17, 15) is 17.9 Å². The average Bonchev–Trinajstić information content (AvgIpc) is 2.45. The maximum absolute atomic E-state index is 13.0. The molecule has 0 aliphatic carbocycles. The van der Waals surface area contributed by atoms with E-state index < -0.39 is 27.8 Å². The first-order valence-electron chi connectivity index (χ1n) is 5.08. The van der Waals surface area contributed by atoms with Gasteiger partial charge in [-0.05, 0) is 12.1 Å². The molecule has 4 nitrogen and oxygen atoms in total. The van der Waals surface area contributed by atoms with Crippen molar-refractivity contribution in [1.29, 1.82) is 0 Å². The lowest BCUT2D eigenvalue weighted by atomic mass is 10.2. The largest absolute Gasteiger partial charge is 0.390 e. The summed E-state index contributed by atoms with van der Waals surface area (Å²) in [6, 6.07) is 1.42. The summed E-state index contributed by atoms with van der Waals surface area (Å²) in [6.45, 7) is 0. The van der Waals surface area contributed by atoms with E-state index >= 15 is 0 Å². The van der Waals surface area contributed by atoms with Crippen molar-refractivity contribution < 1.29 is 17.9 Å². The highest BCUT2D eigenvalue weighted by Crippen LogP contribution is 2.33. The molecule has 0 spiro atoms. The monoisotopic (exact) mass is 313 g/mol. The third-order valence-electron chi connectivity index (χ3n) is 2.66. The van der Waals surface area contributed by atoms with Crippen LogP contribution < -0.4 is 5.32 Å². The van der Waals surface area contributed by atoms with Gasteiger partial charge in [-0.3, -0.25) is 0 Å². The fourth-order valence-electron chi connectivity index (χ4n) is 1.83. The van der Waals surface area contributed by atoms with Crippen LogP contribution in [0, 0.1) is 5.82 Å². The molecule has 0 bridgehead atoms. The van der Waals surface area contributed by atoms with E-state index in [0.717, 1.165) is 12.1 Å². The standard InChI is InChI=1S/C10H10Cl2FNO3S/c11-6-1-5(13)2-7(12)10(6)14-8-3-18(16,17)4-9(8)15/h1-2,8-9,14-15H,3-4H2. The van der Waals surface area contributed by atoms with Crippen LogP contribution in [0.4, 0.5) is 10.1 Å². The number of nitrogens with one attached hydrogen (secondary N) is 1. The summed E-state index contributed by atoms with van der Waals surface area (Å²) >= 11 is 11.6. The fraction of sp³-hybridized carbons (Fsp3) is 0.400. The predicted octanol–water partition coefficient (Wildman–Crippen LogP) is 1.70. The molecule has 0 amide bonds. The molecule has 100 valence electrons. The van der Waals surface area contributed by atoms with E-state index in [-0.39, 0.29) is 27.2 Å². The zero-order valence-electron chi connectivity index (χ0n) is 9.03. The molecular weight excluding hydrogens is 304 g/mol. The van der Waals surface area contributed by atoms with Gasteiger partial charge in [-0.2, -0.15) is 0 Å². The topological polar surface area (TPSA) is 66.4 Å². The van der Waals surface area contributed by atoms with Crippen molar-refractivity contribution in [3.63, 3.8) is 0 Å². The molecule has 1 aliphatic rings. The van der Waals surface area contributed by atoms with E-state index in [2.05, 4.69) is 5.32 Å². The Hall–Kier alpha value is -0.560. The molecule has 1 aromatic rings. The van der Waals surface area contributed by atoms with Crippen molar-refractivity contribution in [3.05, 3.63) is 28.0 Å². The van der Waals surface area contributed by atoms with Crippen LogP contribution in [-0.2, 0) is 9.84 Å². The van der Waals surface area contributed by atoms with Gasteiger partial charge < -0.3 is 10.4 Å². The van der Waals surface area contributed by atoms with Crippen LogP contribution >= 0.6 is 23.2 Å². The van der Waals surface area contributed by atoms with Crippen molar-refractivity contribution in [2.75, 3.05) is 16.8 Å². The van der Waals surface area contributed by atoms with Crippen molar-refractivity contribution in [3.8, 4) is 0 Å². The van der Waals surface area contributed by atoms with Gasteiger partial charge in [0.25, 0.3) is 0 Å². The number of rotatable bonds is 2. The predicted molar refractivity (Wildman–Crippen MR) is 68.5 cm³/mol. The van der Waals surface area contributed by atoms with E-state index in [1.165, 1.54) is 0 Å². The minimum atomic E-state index is -3.27. The lowest BCUT2D eigenvalue weighted by molar-refractivity contribution is 0.190. The molecule has 2 N–H and O–H groups in total. The molecular formula is C10H10Cl2FNO3S. The van der Waals surface area contributed by atoms with Gasteiger partial charge >= 0.3 is 0 Å². The van der Waals surface area contributed by atoms with Gasteiger partial charge in [-0.25, -0.2) is 12.8 Å². The van der Waals surface area contributed by atoms with Gasteiger partial charge in [-0.15, -0.1) is 0 Å². The molecule has 2 rings (SSSR count). The van der Waals surface area contributed by atoms with E-state index in [1.54, 1.807) is 0 Å². The molecule has 0 aromatic heterocycles. The molecule has 8 heteroatoms. The van der Waals surface area contributed by atoms with Gasteiger partial charge in [-0.1, -0.05) is 23.2 Å². The highest BCUT2D eigenvalue weighted by atomic mass is 35.5. The number of benzene rings is 1. The molecule has 0 saturated carbocycles. The van der Waals surface area contributed by atoms with Crippen molar-refractivity contribution in [2.24, 2.45) is 0 Å². The van der Waals surface area contributed by atoms with Gasteiger partial charge in [0, 0.05) is 0 Å². The maximum Gasteiger partial charge on any atom is 0.155 e. The van der Waals surface area contributed by atoms with Crippen molar-refractivity contribution in [2.45, 2.75) is 12.1 Å². The van der Waals surface area contributed by atoms with Crippen LogP contribution in [0.1, 0.15) is 0 Å². The molecule has 18 heavy (non-hydrogen) atoms. The maximum atomic E-state index is 13.0. The first-order valence-corrected chi connectivity index (χ1v) is 7.66. The second-order valence-electron chi connectivity index (χ2n) is 4.14. The third-order valence-corrected chi connectivity index (χ3v) is 4.97. The molecule has 2 atom stereocenters. The summed E-state index contributed by atoms with van der Waals surface area (Å²) in [6.07, 6.45) is -1.04. The molecule has 0 radical (unpaired) electrons. The summed E-state index contributed by atoms with van der Waals surface area (Å²) in [4.78, 5) is 0. The number of aliphatic hydroxyl groups excluding tert-OH is 1. The van der Waals surface area contributed by atoms with Gasteiger partial charge in [0.15, 0.2) is 9.84 Å². The number of hydrogen-bond donors (Lipinski definition) is 2. The van der Waals surface area contributed by atoms with Crippen molar-refractivity contribution >= 4 is 38.7 Å². The second kappa shape index (κ2) is 4.85. The summed E-state index contributed by atoms with van der Waals surface area (Å²) in [5.41, 5.74) is 0.223. The Kier molecular flexibility index (Phi) is 3.73. The fourth-order valence-corrected chi connectivity index (χ4v) is 4.14. The molecule has 1 saturated heterocycles. The Morgan fingerprint density at radius 2 is 1.83 bits per heavy atom. The molecule has 1 heterocycles. The first-order chi connectivity index (χ1) is 8.28. The molecule has 2 unspecified atom stereocenters. The zero-order chi connectivity index (χ0) is 13.5. The lowest BCUT2D eigenvalue weighted by Gasteiger charge is -2.18. The van der Waals surface area contributed by atoms with Gasteiger partial charge in [0.2, 0.25) is 0 Å². The SMILES string of the molecule is O=S1(=O)CC(O)C(Nc2c(Cl)cc(F)cc2Cl)C1. The average molecular weight is 314 g/mol. The Labute approximate surface area is 114 Å². The normalized spacial score (nSPS) is 26.2. The second-order valence-corrected chi connectivity index (χ2v) is 7.11. The molecule has 1 aromatic carbocycles. The summed E-state index contributed by atoms with van der Waals surface area (Å²) < 4.78 is 35.7. The number of hydrogen-bond acceptors (Lipinski definition) is 4. The number of sulfone groups is 1. The zero-order valence-corrected chi connectivity index (χ0v) is 11.4. The Bertz CT molecular complexity index is 555. The summed E-state index contributed by atoms with van der Waals surface area (Å²) in [5.74, 6) is -1.10. The third kappa shape index (κ3) is 2.88. The minimum Gasteiger partial charge on any atom is -0.390 e. The summed E-state index contributed by atoms with van der Waals surface area (Å²) in [5, 5.41) is 12.4. The Balaban J connectivity index is 2.26. The number of aliphatic hydroxyl groups is 1. The van der Waals surface area contributed by atoms with Crippen molar-refractivity contribution in [1.82, 2.24) is 0 Å². The van der Waals surface area contributed by atoms with E-state index in [0.29, 0.717) is 0 Å². The van der Waals surface area contributed by atoms with Crippen LogP contribution in [0.25, 0.3) is 0 Å². The van der Waals surface area contributed by atoms with E-state index in [1.807, 2.05) is 0 Å². The van der Waals surface area contributed by atoms with E-state index in [4.69, 9.17) is 23.2 Å².